The summed E-state index contributed by atoms with van der Waals surface area (Å²) in [6.45, 7) is 0.234. The molecule has 160 valence electrons. The van der Waals surface area contributed by atoms with E-state index in [-0.39, 0.29) is 24.8 Å². The Morgan fingerprint density at radius 1 is 0.968 bits per heavy atom. The Hall–Kier alpha value is -2.99. The first-order valence-electron chi connectivity index (χ1n) is 10.0. The van der Waals surface area contributed by atoms with Gasteiger partial charge in [0.2, 0.25) is 11.8 Å². The van der Waals surface area contributed by atoms with E-state index in [0.717, 1.165) is 15.6 Å². The van der Waals surface area contributed by atoms with Crippen LogP contribution in [-0.2, 0) is 29.0 Å². The Bertz CT molecular complexity index is 1040. The van der Waals surface area contributed by atoms with Gasteiger partial charge >= 0.3 is 0 Å². The molecule has 0 aromatic heterocycles. The minimum absolute atomic E-state index is 0.122. The first-order valence-corrected chi connectivity index (χ1v) is 10.8. The normalized spacial score (nSPS) is 11.6. The van der Waals surface area contributed by atoms with Gasteiger partial charge in [0.25, 0.3) is 0 Å². The minimum atomic E-state index is -0.731. The summed E-state index contributed by atoms with van der Waals surface area (Å²) in [4.78, 5) is 27.8. The van der Waals surface area contributed by atoms with Gasteiger partial charge in [-0.25, -0.2) is 4.39 Å². The third-order valence-electron chi connectivity index (χ3n) is 5.06. The molecule has 0 radical (unpaired) electrons. The zero-order valence-electron chi connectivity index (χ0n) is 17.2. The monoisotopic (exact) mass is 482 g/mol. The Balaban J connectivity index is 1.95. The van der Waals surface area contributed by atoms with Crippen molar-refractivity contribution < 1.29 is 14.0 Å². The number of nitrogens with one attached hydrogen (secondary N) is 1. The number of carbonyl (C=O) groups excluding carboxylic acids is 2. The number of nitrogens with zero attached hydrogens (tertiary/aromatic N) is 1. The molecular formula is C25H24BrFN2O2. The highest BCUT2D eigenvalue weighted by Crippen LogP contribution is 2.19. The molecule has 0 aliphatic carbocycles. The van der Waals surface area contributed by atoms with E-state index >= 15 is 0 Å². The van der Waals surface area contributed by atoms with Crippen molar-refractivity contribution in [2.24, 2.45) is 0 Å². The van der Waals surface area contributed by atoms with Crippen LogP contribution in [-0.4, -0.2) is 29.8 Å². The van der Waals surface area contributed by atoms with Gasteiger partial charge in [0, 0.05) is 24.5 Å². The highest BCUT2D eigenvalue weighted by Gasteiger charge is 2.30. The van der Waals surface area contributed by atoms with Gasteiger partial charge in [-0.2, -0.15) is 0 Å². The van der Waals surface area contributed by atoms with E-state index in [1.165, 1.54) is 6.07 Å². The molecule has 0 fully saturated rings. The van der Waals surface area contributed by atoms with Gasteiger partial charge in [-0.05, 0) is 34.9 Å². The first kappa shape index (κ1) is 22.7. The molecule has 6 heteroatoms. The molecule has 0 saturated heterocycles. The molecule has 2 amide bonds. The van der Waals surface area contributed by atoms with Crippen LogP contribution in [0.1, 0.15) is 16.7 Å². The summed E-state index contributed by atoms with van der Waals surface area (Å²) in [6, 6.07) is 22.6. The molecule has 0 heterocycles. The van der Waals surface area contributed by atoms with Gasteiger partial charge < -0.3 is 10.2 Å². The summed E-state index contributed by atoms with van der Waals surface area (Å²) >= 11 is 3.45. The fourth-order valence-electron chi connectivity index (χ4n) is 3.46. The van der Waals surface area contributed by atoms with Crippen LogP contribution < -0.4 is 5.32 Å². The minimum Gasteiger partial charge on any atom is -0.357 e. The molecule has 0 saturated carbocycles. The van der Waals surface area contributed by atoms with Crippen molar-refractivity contribution in [1.82, 2.24) is 10.2 Å². The highest BCUT2D eigenvalue weighted by molar-refractivity contribution is 9.10. The van der Waals surface area contributed by atoms with Gasteiger partial charge in [-0.1, -0.05) is 76.6 Å². The van der Waals surface area contributed by atoms with Crippen molar-refractivity contribution in [3.05, 3.63) is 106 Å². The molecule has 0 aliphatic heterocycles. The van der Waals surface area contributed by atoms with Gasteiger partial charge in [0.15, 0.2) is 0 Å². The highest BCUT2D eigenvalue weighted by atomic mass is 79.9. The van der Waals surface area contributed by atoms with E-state index in [1.54, 1.807) is 30.1 Å². The summed E-state index contributed by atoms with van der Waals surface area (Å²) in [5, 5.41) is 2.68. The second-order valence-corrected chi connectivity index (χ2v) is 8.16. The Morgan fingerprint density at radius 3 is 2.32 bits per heavy atom. The predicted molar refractivity (Wildman–Crippen MR) is 123 cm³/mol. The van der Waals surface area contributed by atoms with Crippen molar-refractivity contribution in [3.63, 3.8) is 0 Å². The lowest BCUT2D eigenvalue weighted by molar-refractivity contribution is -0.140. The van der Waals surface area contributed by atoms with E-state index in [4.69, 9.17) is 0 Å². The van der Waals surface area contributed by atoms with Crippen LogP contribution in [0.4, 0.5) is 4.39 Å². The van der Waals surface area contributed by atoms with Crippen LogP contribution in [0.3, 0.4) is 0 Å². The van der Waals surface area contributed by atoms with Crippen LogP contribution in [0.15, 0.2) is 83.3 Å². The molecule has 0 bridgehead atoms. The van der Waals surface area contributed by atoms with Gasteiger partial charge in [-0.15, -0.1) is 0 Å². The molecule has 3 aromatic carbocycles. The van der Waals surface area contributed by atoms with Crippen molar-refractivity contribution in [3.8, 4) is 0 Å². The number of rotatable bonds is 8. The maximum Gasteiger partial charge on any atom is 0.242 e. The molecule has 3 aromatic rings. The maximum atomic E-state index is 14.2. The van der Waals surface area contributed by atoms with E-state index in [0.29, 0.717) is 12.0 Å². The topological polar surface area (TPSA) is 49.4 Å². The molecule has 1 N–H and O–H groups in total. The van der Waals surface area contributed by atoms with E-state index in [9.17, 15) is 14.0 Å². The van der Waals surface area contributed by atoms with Crippen LogP contribution in [0.2, 0.25) is 0 Å². The smallest absolute Gasteiger partial charge is 0.242 e. The zero-order chi connectivity index (χ0) is 22.2. The number of hydrogen-bond acceptors (Lipinski definition) is 2. The summed E-state index contributed by atoms with van der Waals surface area (Å²) < 4.78 is 15.1. The van der Waals surface area contributed by atoms with E-state index < -0.39 is 11.9 Å². The largest absolute Gasteiger partial charge is 0.357 e. The lowest BCUT2D eigenvalue weighted by Gasteiger charge is -2.31. The lowest BCUT2D eigenvalue weighted by atomic mass is 10.0. The Morgan fingerprint density at radius 2 is 1.65 bits per heavy atom. The Labute approximate surface area is 190 Å². The number of likely N-dealkylation sites (N-methyl/N-ethyl adjacent to an activating group) is 1. The fraction of sp³-hybridized carbons (Fsp3) is 0.200. The third kappa shape index (κ3) is 6.25. The van der Waals surface area contributed by atoms with Crippen molar-refractivity contribution in [1.29, 1.82) is 0 Å². The average Bonchev–Trinajstić information content (AvgIpc) is 2.78. The molecule has 1 atom stereocenters. The van der Waals surface area contributed by atoms with Crippen LogP contribution in [0.25, 0.3) is 0 Å². The van der Waals surface area contributed by atoms with E-state index in [1.807, 2.05) is 54.6 Å². The van der Waals surface area contributed by atoms with Gasteiger partial charge in [0.1, 0.15) is 11.9 Å². The van der Waals surface area contributed by atoms with Gasteiger partial charge in [0.05, 0.1) is 6.42 Å². The predicted octanol–water partition coefficient (Wildman–Crippen LogP) is 4.52. The number of halogens is 2. The third-order valence-corrected chi connectivity index (χ3v) is 5.55. The molecule has 1 unspecified atom stereocenters. The van der Waals surface area contributed by atoms with Crippen molar-refractivity contribution in [2.75, 3.05) is 7.05 Å². The lowest BCUT2D eigenvalue weighted by Crippen LogP contribution is -2.50. The molecule has 31 heavy (non-hydrogen) atoms. The molecule has 0 spiro atoms. The number of hydrogen-bond donors (Lipinski definition) is 1. The second-order valence-electron chi connectivity index (χ2n) is 7.24. The number of carbonyl (C=O) groups is 2. The second kappa shape index (κ2) is 10.9. The number of amides is 2. The van der Waals surface area contributed by atoms with Crippen LogP contribution in [0.5, 0.6) is 0 Å². The summed E-state index contributed by atoms with van der Waals surface area (Å²) in [6.07, 6.45) is 0.237. The van der Waals surface area contributed by atoms with Crippen LogP contribution >= 0.6 is 15.9 Å². The van der Waals surface area contributed by atoms with Crippen molar-refractivity contribution >= 4 is 27.7 Å². The van der Waals surface area contributed by atoms with E-state index in [2.05, 4.69) is 21.2 Å². The first-order chi connectivity index (χ1) is 15.0. The maximum absolute atomic E-state index is 14.2. The summed E-state index contributed by atoms with van der Waals surface area (Å²) in [5.74, 6) is -1.01. The van der Waals surface area contributed by atoms with Gasteiger partial charge in [-0.3, -0.25) is 9.59 Å². The van der Waals surface area contributed by atoms with Crippen LogP contribution in [0, 0.1) is 5.82 Å². The Kier molecular flexibility index (Phi) is 7.95. The SMILES string of the molecule is CNC(=O)C(Cc1ccccc1)N(Cc1cccc(Br)c1)C(=O)Cc1ccccc1F. The summed E-state index contributed by atoms with van der Waals surface area (Å²) in [5.41, 5.74) is 2.12. The fourth-order valence-corrected chi connectivity index (χ4v) is 3.91. The molecule has 3 rings (SSSR count). The quantitative estimate of drug-likeness (QED) is 0.513. The molecule has 0 aliphatic rings. The molecule has 4 nitrogen and oxygen atoms in total. The standard InChI is InChI=1S/C25H24BrFN2O2/c1-28-25(31)23(15-18-8-3-2-4-9-18)29(17-19-10-7-12-21(26)14-19)24(30)16-20-11-5-6-13-22(20)27/h2-14,23H,15-17H2,1H3,(H,28,31). The van der Waals surface area contributed by atoms with Crippen molar-refractivity contribution in [2.45, 2.75) is 25.4 Å². The average molecular weight is 483 g/mol. The number of benzene rings is 3. The summed E-state index contributed by atoms with van der Waals surface area (Å²) in [7, 11) is 1.55. The zero-order valence-corrected chi connectivity index (χ0v) is 18.8. The molecular weight excluding hydrogens is 459 g/mol.